The summed E-state index contributed by atoms with van der Waals surface area (Å²) in [5.41, 5.74) is 7.55. The molecular formula is C48H28S2. The molecule has 9 aromatic carbocycles. The summed E-state index contributed by atoms with van der Waals surface area (Å²) in [6, 6.07) is 63.1. The Morgan fingerprint density at radius 1 is 0.260 bits per heavy atom. The van der Waals surface area contributed by atoms with E-state index in [0.717, 1.165) is 0 Å². The number of hydrogen-bond acceptors (Lipinski definition) is 2. The SMILES string of the molecule is c1ccc(-c2c3ccccc3c(-c3cccc(-c4ccc5sc6cc7sc8ccc9ccccc9c8c7cc6c5c4)c3)c3ccccc23)cc1. The summed E-state index contributed by atoms with van der Waals surface area (Å²) in [4.78, 5) is 0. The second kappa shape index (κ2) is 10.9. The van der Waals surface area contributed by atoms with Gasteiger partial charge in [0.15, 0.2) is 0 Å². The first kappa shape index (κ1) is 28.1. The zero-order valence-electron chi connectivity index (χ0n) is 27.0. The van der Waals surface area contributed by atoms with Crippen LogP contribution in [0.25, 0.3) is 106 Å². The molecule has 0 aliphatic heterocycles. The number of rotatable bonds is 3. The van der Waals surface area contributed by atoms with Crippen LogP contribution in [-0.4, -0.2) is 0 Å². The number of thiophene rings is 2. The van der Waals surface area contributed by atoms with Crippen molar-refractivity contribution in [1.82, 2.24) is 0 Å². The molecule has 0 bridgehead atoms. The van der Waals surface area contributed by atoms with Gasteiger partial charge >= 0.3 is 0 Å². The van der Waals surface area contributed by atoms with Crippen molar-refractivity contribution in [1.29, 1.82) is 0 Å². The summed E-state index contributed by atoms with van der Waals surface area (Å²) in [6.07, 6.45) is 0. The fraction of sp³-hybridized carbons (Fsp3) is 0. The Bertz CT molecular complexity index is 3080. The summed E-state index contributed by atoms with van der Waals surface area (Å²) >= 11 is 3.81. The second-order valence-corrected chi connectivity index (χ2v) is 15.4. The average Bonchev–Trinajstić information content (AvgIpc) is 3.73. The normalized spacial score (nSPS) is 12.0. The minimum absolute atomic E-state index is 1.23. The molecule has 0 atom stereocenters. The summed E-state index contributed by atoms with van der Waals surface area (Å²) in [5.74, 6) is 0. The number of benzene rings is 9. The molecular weight excluding hydrogens is 641 g/mol. The lowest BCUT2D eigenvalue weighted by Gasteiger charge is -2.18. The van der Waals surface area contributed by atoms with Crippen molar-refractivity contribution in [2.75, 3.05) is 0 Å². The minimum atomic E-state index is 1.23. The van der Waals surface area contributed by atoms with Gasteiger partial charge < -0.3 is 0 Å². The highest BCUT2D eigenvalue weighted by atomic mass is 32.1. The molecule has 2 heteroatoms. The number of fused-ring (bicyclic) bond motifs is 10. The lowest BCUT2D eigenvalue weighted by Crippen LogP contribution is -1.91. The largest absolute Gasteiger partial charge is 0.135 e. The first-order valence-corrected chi connectivity index (χ1v) is 18.7. The molecule has 2 heterocycles. The van der Waals surface area contributed by atoms with E-state index in [4.69, 9.17) is 0 Å². The second-order valence-electron chi connectivity index (χ2n) is 13.2. The molecule has 0 radical (unpaired) electrons. The van der Waals surface area contributed by atoms with Gasteiger partial charge in [0.1, 0.15) is 0 Å². The van der Waals surface area contributed by atoms with Crippen LogP contribution in [0.3, 0.4) is 0 Å². The van der Waals surface area contributed by atoms with Crippen LogP contribution in [0.1, 0.15) is 0 Å². The van der Waals surface area contributed by atoms with Crippen LogP contribution in [0.15, 0.2) is 170 Å². The van der Waals surface area contributed by atoms with E-state index in [9.17, 15) is 0 Å². The summed E-state index contributed by atoms with van der Waals surface area (Å²) in [5, 5.41) is 13.2. The van der Waals surface area contributed by atoms with Gasteiger partial charge in [0, 0.05) is 40.3 Å². The van der Waals surface area contributed by atoms with Crippen LogP contribution in [0.4, 0.5) is 0 Å². The lowest BCUT2D eigenvalue weighted by atomic mass is 9.85. The molecule has 50 heavy (non-hydrogen) atoms. The van der Waals surface area contributed by atoms with Crippen molar-refractivity contribution in [3.05, 3.63) is 170 Å². The van der Waals surface area contributed by atoms with E-state index >= 15 is 0 Å². The van der Waals surface area contributed by atoms with E-state index in [-0.39, 0.29) is 0 Å². The van der Waals surface area contributed by atoms with Crippen LogP contribution in [0, 0.1) is 0 Å². The van der Waals surface area contributed by atoms with E-state index in [1.165, 1.54) is 106 Å². The standard InChI is InChI=1S/C48H28S2/c1-2-12-30(13-3-1)46-35-17-6-8-19-37(35)47(38-20-9-7-18-36(38)46)33-15-10-14-31(25-33)32-22-23-42-39(26-32)40-27-41-45(28-44(40)49-42)50-43-24-21-29-11-4-5-16-34(29)48(41)43/h1-28H. The molecule has 0 saturated carbocycles. The van der Waals surface area contributed by atoms with Gasteiger partial charge in [0.25, 0.3) is 0 Å². The Morgan fingerprint density at radius 3 is 1.56 bits per heavy atom. The maximum Gasteiger partial charge on any atom is 0.0370 e. The third-order valence-corrected chi connectivity index (χ3v) is 12.7. The highest BCUT2D eigenvalue weighted by Crippen LogP contribution is 2.46. The summed E-state index contributed by atoms with van der Waals surface area (Å²) in [7, 11) is 0. The summed E-state index contributed by atoms with van der Waals surface area (Å²) in [6.45, 7) is 0. The van der Waals surface area contributed by atoms with Crippen LogP contribution in [0.2, 0.25) is 0 Å². The van der Waals surface area contributed by atoms with Gasteiger partial charge in [-0.1, -0.05) is 133 Å². The summed E-state index contributed by atoms with van der Waals surface area (Å²) < 4.78 is 5.40. The van der Waals surface area contributed by atoms with E-state index in [1.807, 2.05) is 22.7 Å². The van der Waals surface area contributed by atoms with Crippen LogP contribution in [-0.2, 0) is 0 Å². The molecule has 0 aliphatic rings. The van der Waals surface area contributed by atoms with E-state index in [1.54, 1.807) is 0 Å². The van der Waals surface area contributed by atoms with Crippen molar-refractivity contribution in [3.8, 4) is 33.4 Å². The van der Waals surface area contributed by atoms with E-state index in [2.05, 4.69) is 170 Å². The first-order valence-electron chi connectivity index (χ1n) is 17.1. The molecule has 2 aromatic heterocycles. The van der Waals surface area contributed by atoms with Gasteiger partial charge in [-0.25, -0.2) is 0 Å². The Kier molecular flexibility index (Phi) is 6.09. The van der Waals surface area contributed by atoms with Crippen molar-refractivity contribution in [2.24, 2.45) is 0 Å². The van der Waals surface area contributed by atoms with E-state index in [0.29, 0.717) is 0 Å². The first-order chi connectivity index (χ1) is 24.8. The van der Waals surface area contributed by atoms with Gasteiger partial charge in [0.05, 0.1) is 0 Å². The Morgan fingerprint density at radius 2 is 0.800 bits per heavy atom. The van der Waals surface area contributed by atoms with Gasteiger partial charge in [-0.3, -0.25) is 0 Å². The highest BCUT2D eigenvalue weighted by molar-refractivity contribution is 7.28. The molecule has 0 unspecified atom stereocenters. The van der Waals surface area contributed by atoms with Gasteiger partial charge in [-0.2, -0.15) is 0 Å². The zero-order valence-corrected chi connectivity index (χ0v) is 28.6. The lowest BCUT2D eigenvalue weighted by molar-refractivity contribution is 1.63. The fourth-order valence-electron chi connectivity index (χ4n) is 8.21. The molecule has 0 spiro atoms. The van der Waals surface area contributed by atoms with Crippen molar-refractivity contribution < 1.29 is 0 Å². The molecule has 0 amide bonds. The topological polar surface area (TPSA) is 0 Å². The molecule has 0 N–H and O–H groups in total. The average molecular weight is 669 g/mol. The Labute approximate surface area is 297 Å². The maximum absolute atomic E-state index is 2.46. The van der Waals surface area contributed by atoms with Crippen molar-refractivity contribution in [3.63, 3.8) is 0 Å². The van der Waals surface area contributed by atoms with Crippen molar-refractivity contribution >= 4 is 95.3 Å². The maximum atomic E-state index is 2.46. The van der Waals surface area contributed by atoms with Crippen molar-refractivity contribution in [2.45, 2.75) is 0 Å². The smallest absolute Gasteiger partial charge is 0.0370 e. The highest BCUT2D eigenvalue weighted by Gasteiger charge is 2.18. The zero-order chi connectivity index (χ0) is 32.8. The quantitative estimate of drug-likeness (QED) is 0.164. The van der Waals surface area contributed by atoms with Crippen LogP contribution >= 0.6 is 22.7 Å². The van der Waals surface area contributed by atoms with Gasteiger partial charge in [-0.05, 0) is 102 Å². The minimum Gasteiger partial charge on any atom is -0.135 e. The van der Waals surface area contributed by atoms with Gasteiger partial charge in [-0.15, -0.1) is 22.7 Å². The number of hydrogen-bond donors (Lipinski definition) is 0. The predicted molar refractivity (Wildman–Crippen MR) is 221 cm³/mol. The monoisotopic (exact) mass is 668 g/mol. The predicted octanol–water partition coefficient (Wildman–Crippen LogP) is 14.9. The van der Waals surface area contributed by atoms with E-state index < -0.39 is 0 Å². The van der Waals surface area contributed by atoms with Gasteiger partial charge in [0.2, 0.25) is 0 Å². The Balaban J connectivity index is 1.11. The third-order valence-electron chi connectivity index (χ3n) is 10.4. The molecule has 0 fully saturated rings. The molecule has 0 saturated heterocycles. The molecule has 232 valence electrons. The molecule has 11 rings (SSSR count). The van der Waals surface area contributed by atoms with Crippen LogP contribution in [0.5, 0.6) is 0 Å². The fourth-order valence-corrected chi connectivity index (χ4v) is 10.5. The van der Waals surface area contributed by atoms with Crippen LogP contribution < -0.4 is 0 Å². The molecule has 0 nitrogen and oxygen atoms in total. The third kappa shape index (κ3) is 4.16. The molecule has 11 aromatic rings. The molecule has 0 aliphatic carbocycles. The Hall–Kier alpha value is -5.80.